The summed E-state index contributed by atoms with van der Waals surface area (Å²) in [5.74, 6) is 0.565. The Morgan fingerprint density at radius 2 is 1.59 bits per heavy atom. The third kappa shape index (κ3) is 2.01. The van der Waals surface area contributed by atoms with Gasteiger partial charge < -0.3 is 5.73 Å². The van der Waals surface area contributed by atoms with Crippen LogP contribution >= 0.6 is 0 Å². The van der Waals surface area contributed by atoms with Crippen molar-refractivity contribution in [3.63, 3.8) is 0 Å². The van der Waals surface area contributed by atoms with Crippen LogP contribution in [0.2, 0.25) is 0 Å². The Bertz CT molecular complexity index is 393. The molecular weight excluding hydrogens is 238 g/mol. The van der Waals surface area contributed by atoms with Crippen molar-refractivity contribution in [3.8, 4) is 0 Å². The summed E-state index contributed by atoms with van der Waals surface area (Å²) in [6.45, 7) is 2.41. The average Bonchev–Trinajstić information content (AvgIpc) is 3.10. The van der Waals surface area contributed by atoms with Gasteiger partial charge in [0.05, 0.1) is 0 Å². The lowest BCUT2D eigenvalue weighted by molar-refractivity contribution is 0.124. The Labute approximate surface area is 103 Å². The first-order valence-electron chi connectivity index (χ1n) is 6.56. The molecule has 98 valence electrons. The lowest BCUT2D eigenvalue weighted by Gasteiger charge is -2.48. The topological polar surface area (TPSA) is 66.6 Å². The largest absolute Gasteiger partial charge is 0.323 e. The van der Waals surface area contributed by atoms with Gasteiger partial charge in [-0.05, 0) is 31.6 Å². The molecule has 17 heavy (non-hydrogen) atoms. The lowest BCUT2D eigenvalue weighted by Crippen LogP contribution is -2.71. The van der Waals surface area contributed by atoms with Crippen molar-refractivity contribution in [1.29, 1.82) is 0 Å². The summed E-state index contributed by atoms with van der Waals surface area (Å²) < 4.78 is 27.8. The quantitative estimate of drug-likeness (QED) is 0.784. The van der Waals surface area contributed by atoms with Crippen LogP contribution in [0, 0.1) is 5.92 Å². The molecule has 0 aromatic heterocycles. The highest BCUT2D eigenvalue weighted by molar-refractivity contribution is 7.86. The third-order valence-electron chi connectivity index (χ3n) is 4.30. The molecule has 0 aromatic rings. The Hall–Kier alpha value is -0.170. The van der Waals surface area contributed by atoms with Gasteiger partial charge in [-0.3, -0.25) is 0 Å². The van der Waals surface area contributed by atoms with Crippen LogP contribution in [-0.2, 0) is 10.2 Å². The van der Waals surface area contributed by atoms with E-state index in [4.69, 9.17) is 5.73 Å². The molecule has 1 saturated carbocycles. The van der Waals surface area contributed by atoms with E-state index in [-0.39, 0.29) is 5.54 Å². The van der Waals surface area contributed by atoms with Gasteiger partial charge >= 0.3 is 0 Å². The van der Waals surface area contributed by atoms with Crippen molar-refractivity contribution >= 4 is 10.2 Å². The lowest BCUT2D eigenvalue weighted by atomic mass is 9.88. The normalized spacial score (nSPS) is 31.1. The maximum atomic E-state index is 12.3. The van der Waals surface area contributed by atoms with Gasteiger partial charge in [-0.1, -0.05) is 6.42 Å². The third-order valence-corrected chi connectivity index (χ3v) is 6.23. The highest BCUT2D eigenvalue weighted by Crippen LogP contribution is 2.44. The van der Waals surface area contributed by atoms with Gasteiger partial charge in [-0.25, -0.2) is 0 Å². The molecule has 3 rings (SSSR count). The molecule has 2 aliphatic heterocycles. The fourth-order valence-corrected chi connectivity index (χ4v) is 4.80. The first-order valence-corrected chi connectivity index (χ1v) is 7.96. The SMILES string of the molecule is NC1(C2CC2)CN(S(=O)(=O)N2CCCCC2)C1. The van der Waals surface area contributed by atoms with E-state index in [1.165, 1.54) is 12.8 Å². The summed E-state index contributed by atoms with van der Waals surface area (Å²) in [4.78, 5) is 0. The Balaban J connectivity index is 1.64. The zero-order valence-corrected chi connectivity index (χ0v) is 11.0. The molecule has 0 unspecified atom stereocenters. The fourth-order valence-electron chi connectivity index (χ4n) is 2.95. The smallest absolute Gasteiger partial charge is 0.282 e. The van der Waals surface area contributed by atoms with E-state index in [9.17, 15) is 8.42 Å². The second-order valence-electron chi connectivity index (χ2n) is 5.74. The molecule has 0 spiro atoms. The summed E-state index contributed by atoms with van der Waals surface area (Å²) >= 11 is 0. The van der Waals surface area contributed by atoms with Crippen molar-refractivity contribution < 1.29 is 8.42 Å². The minimum absolute atomic E-state index is 0.219. The second-order valence-corrected chi connectivity index (χ2v) is 7.67. The number of nitrogens with two attached hydrogens (primary N) is 1. The van der Waals surface area contributed by atoms with Crippen LogP contribution < -0.4 is 5.73 Å². The minimum Gasteiger partial charge on any atom is -0.323 e. The van der Waals surface area contributed by atoms with Crippen molar-refractivity contribution in [2.75, 3.05) is 26.2 Å². The van der Waals surface area contributed by atoms with Crippen LogP contribution in [0.3, 0.4) is 0 Å². The molecule has 3 fully saturated rings. The summed E-state index contributed by atoms with van der Waals surface area (Å²) in [7, 11) is -3.22. The molecular formula is C11H21N3O2S. The van der Waals surface area contributed by atoms with Crippen molar-refractivity contribution in [2.45, 2.75) is 37.6 Å². The molecule has 2 N–H and O–H groups in total. The Morgan fingerprint density at radius 3 is 2.12 bits per heavy atom. The van der Waals surface area contributed by atoms with E-state index in [0.717, 1.165) is 19.3 Å². The summed E-state index contributed by atoms with van der Waals surface area (Å²) in [5.41, 5.74) is 5.98. The predicted octanol–water partition coefficient (Wildman–Crippen LogP) is 0.140. The van der Waals surface area contributed by atoms with Crippen LogP contribution in [-0.4, -0.2) is 48.7 Å². The van der Waals surface area contributed by atoms with Crippen molar-refractivity contribution in [1.82, 2.24) is 8.61 Å². The molecule has 5 nitrogen and oxygen atoms in total. The fraction of sp³-hybridized carbons (Fsp3) is 1.00. The zero-order chi connectivity index (χ0) is 12.1. The van der Waals surface area contributed by atoms with Crippen LogP contribution in [0.4, 0.5) is 0 Å². The van der Waals surface area contributed by atoms with Gasteiger partial charge in [0.15, 0.2) is 0 Å². The first-order chi connectivity index (χ1) is 8.02. The first kappa shape index (κ1) is 11.9. The van der Waals surface area contributed by atoms with Crippen LogP contribution in [0.5, 0.6) is 0 Å². The highest BCUT2D eigenvalue weighted by Gasteiger charge is 2.54. The maximum absolute atomic E-state index is 12.3. The molecule has 3 aliphatic rings. The Kier molecular flexibility index (Phi) is 2.74. The van der Waals surface area contributed by atoms with Gasteiger partial charge in [0, 0.05) is 31.7 Å². The highest BCUT2D eigenvalue weighted by atomic mass is 32.2. The number of hydrogen-bond donors (Lipinski definition) is 1. The standard InChI is InChI=1S/C11H21N3O2S/c12-11(10-4-5-10)8-14(9-11)17(15,16)13-6-2-1-3-7-13/h10H,1-9,12H2. The van der Waals surface area contributed by atoms with Gasteiger partial charge in [-0.15, -0.1) is 0 Å². The molecule has 0 bridgehead atoms. The zero-order valence-electron chi connectivity index (χ0n) is 10.1. The monoisotopic (exact) mass is 259 g/mol. The van der Waals surface area contributed by atoms with E-state index in [1.54, 1.807) is 8.61 Å². The molecule has 2 saturated heterocycles. The van der Waals surface area contributed by atoms with Gasteiger partial charge in [0.2, 0.25) is 0 Å². The molecule has 1 aliphatic carbocycles. The summed E-state index contributed by atoms with van der Waals surface area (Å²) in [6, 6.07) is 0. The second kappa shape index (κ2) is 3.91. The van der Waals surface area contributed by atoms with Gasteiger partial charge in [0.25, 0.3) is 10.2 Å². The van der Waals surface area contributed by atoms with Crippen molar-refractivity contribution in [2.24, 2.45) is 11.7 Å². The van der Waals surface area contributed by atoms with E-state index in [1.807, 2.05) is 0 Å². The number of hydrogen-bond acceptors (Lipinski definition) is 3. The molecule has 0 amide bonds. The van der Waals surface area contributed by atoms with Gasteiger partial charge in [0.1, 0.15) is 0 Å². The van der Waals surface area contributed by atoms with Crippen molar-refractivity contribution in [3.05, 3.63) is 0 Å². The predicted molar refractivity (Wildman–Crippen MR) is 65.6 cm³/mol. The van der Waals surface area contributed by atoms with Crippen LogP contribution in [0.1, 0.15) is 32.1 Å². The summed E-state index contributed by atoms with van der Waals surface area (Å²) in [6.07, 6.45) is 5.48. The van der Waals surface area contributed by atoms with Gasteiger partial charge in [-0.2, -0.15) is 17.0 Å². The molecule has 0 radical (unpaired) electrons. The average molecular weight is 259 g/mol. The molecule has 0 atom stereocenters. The Morgan fingerprint density at radius 1 is 1.00 bits per heavy atom. The van der Waals surface area contributed by atoms with E-state index < -0.39 is 10.2 Å². The van der Waals surface area contributed by atoms with E-state index in [2.05, 4.69) is 0 Å². The van der Waals surface area contributed by atoms with Crippen LogP contribution in [0.15, 0.2) is 0 Å². The van der Waals surface area contributed by atoms with E-state index >= 15 is 0 Å². The summed E-state index contributed by atoms with van der Waals surface area (Å²) in [5, 5.41) is 0. The van der Waals surface area contributed by atoms with Crippen LogP contribution in [0.25, 0.3) is 0 Å². The molecule has 0 aromatic carbocycles. The molecule has 2 heterocycles. The number of piperidine rings is 1. The molecule has 6 heteroatoms. The minimum atomic E-state index is -3.22. The number of rotatable bonds is 3. The number of nitrogens with zero attached hydrogens (tertiary/aromatic N) is 2. The maximum Gasteiger partial charge on any atom is 0.282 e. The van der Waals surface area contributed by atoms with E-state index in [0.29, 0.717) is 32.1 Å².